The van der Waals surface area contributed by atoms with E-state index in [-0.39, 0.29) is 17.5 Å². The monoisotopic (exact) mass is 362 g/mol. The first-order valence-electron chi connectivity index (χ1n) is 7.91. The smallest absolute Gasteiger partial charge is 0.244 e. The summed E-state index contributed by atoms with van der Waals surface area (Å²) in [5.74, 6) is -0.822. The van der Waals surface area contributed by atoms with E-state index in [1.165, 1.54) is 30.0 Å². The summed E-state index contributed by atoms with van der Waals surface area (Å²) in [5, 5.41) is 2.53. The number of amides is 2. The third-order valence-electron chi connectivity index (χ3n) is 3.76. The van der Waals surface area contributed by atoms with Crippen LogP contribution in [0.3, 0.4) is 0 Å². The number of hydrogen-bond acceptors (Lipinski definition) is 2. The van der Waals surface area contributed by atoms with Gasteiger partial charge < -0.3 is 10.2 Å². The number of halogens is 2. The van der Waals surface area contributed by atoms with E-state index in [9.17, 15) is 14.0 Å². The van der Waals surface area contributed by atoms with Crippen molar-refractivity contribution in [2.75, 3.05) is 16.8 Å². The Bertz CT molecular complexity index is 775. The molecule has 0 radical (unpaired) electrons. The number of anilines is 2. The largest absolute Gasteiger partial charge is 0.324 e. The van der Waals surface area contributed by atoms with Crippen LogP contribution in [0.25, 0.3) is 0 Å². The Labute approximate surface area is 151 Å². The minimum absolute atomic E-state index is 0.0782. The van der Waals surface area contributed by atoms with Crippen LogP contribution in [-0.2, 0) is 9.59 Å². The van der Waals surface area contributed by atoms with E-state index in [1.807, 2.05) is 24.3 Å². The number of nitrogens with zero attached hydrogens (tertiary/aromatic N) is 1. The van der Waals surface area contributed by atoms with Gasteiger partial charge in [-0.1, -0.05) is 37.6 Å². The van der Waals surface area contributed by atoms with Crippen LogP contribution < -0.4 is 10.2 Å². The molecule has 2 aromatic rings. The van der Waals surface area contributed by atoms with Crippen molar-refractivity contribution >= 4 is 34.8 Å². The molecule has 4 nitrogen and oxygen atoms in total. The zero-order valence-corrected chi connectivity index (χ0v) is 15.1. The van der Waals surface area contributed by atoms with Gasteiger partial charge >= 0.3 is 0 Å². The maximum Gasteiger partial charge on any atom is 0.244 e. The van der Waals surface area contributed by atoms with Crippen molar-refractivity contribution in [3.63, 3.8) is 0 Å². The van der Waals surface area contributed by atoms with Crippen molar-refractivity contribution in [1.29, 1.82) is 0 Å². The molecule has 25 heavy (non-hydrogen) atoms. The Morgan fingerprint density at radius 2 is 1.80 bits per heavy atom. The van der Waals surface area contributed by atoms with Gasteiger partial charge in [0.2, 0.25) is 11.8 Å². The van der Waals surface area contributed by atoms with Crippen LogP contribution in [0.4, 0.5) is 15.8 Å². The maximum absolute atomic E-state index is 13.2. The van der Waals surface area contributed by atoms with E-state index in [0.717, 1.165) is 5.56 Å². The molecule has 2 rings (SSSR count). The average molecular weight is 363 g/mol. The first kappa shape index (κ1) is 18.9. The summed E-state index contributed by atoms with van der Waals surface area (Å²) in [5.41, 5.74) is 2.16. The topological polar surface area (TPSA) is 49.4 Å². The van der Waals surface area contributed by atoms with E-state index in [1.54, 1.807) is 0 Å². The molecule has 0 aromatic heterocycles. The summed E-state index contributed by atoms with van der Waals surface area (Å²) in [6, 6.07) is 11.4. The van der Waals surface area contributed by atoms with Crippen molar-refractivity contribution in [2.24, 2.45) is 0 Å². The predicted molar refractivity (Wildman–Crippen MR) is 98.6 cm³/mol. The Morgan fingerprint density at radius 3 is 2.32 bits per heavy atom. The minimum atomic E-state index is -0.560. The second kappa shape index (κ2) is 8.12. The Kier molecular flexibility index (Phi) is 6.15. The Morgan fingerprint density at radius 1 is 1.16 bits per heavy atom. The second-order valence-electron chi connectivity index (χ2n) is 6.03. The first-order chi connectivity index (χ1) is 11.8. The lowest BCUT2D eigenvalue weighted by Crippen LogP contribution is -2.36. The van der Waals surface area contributed by atoms with E-state index in [2.05, 4.69) is 19.2 Å². The molecule has 0 saturated carbocycles. The number of carbonyl (C=O) groups excluding carboxylic acids is 2. The molecule has 0 spiro atoms. The van der Waals surface area contributed by atoms with Gasteiger partial charge in [-0.3, -0.25) is 9.59 Å². The summed E-state index contributed by atoms with van der Waals surface area (Å²) in [6.45, 7) is 5.42. The van der Waals surface area contributed by atoms with Crippen LogP contribution in [0, 0.1) is 5.82 Å². The molecule has 0 heterocycles. The normalized spacial score (nSPS) is 10.6. The van der Waals surface area contributed by atoms with Crippen LogP contribution in [-0.4, -0.2) is 18.4 Å². The van der Waals surface area contributed by atoms with Gasteiger partial charge in [0.1, 0.15) is 12.4 Å². The van der Waals surface area contributed by atoms with Crippen LogP contribution in [0.5, 0.6) is 0 Å². The number of benzene rings is 2. The lowest BCUT2D eigenvalue weighted by molar-refractivity contribution is -0.120. The van der Waals surface area contributed by atoms with Gasteiger partial charge in [0.15, 0.2) is 0 Å². The number of hydrogen-bond donors (Lipinski definition) is 1. The Balaban J connectivity index is 2.11. The van der Waals surface area contributed by atoms with E-state index in [4.69, 9.17) is 11.6 Å². The van der Waals surface area contributed by atoms with Gasteiger partial charge in [0.05, 0.1) is 5.02 Å². The second-order valence-corrected chi connectivity index (χ2v) is 6.44. The fraction of sp³-hybridized carbons (Fsp3) is 0.263. The molecule has 2 aromatic carbocycles. The quantitative estimate of drug-likeness (QED) is 0.845. The molecule has 0 aliphatic carbocycles. The standard InChI is InChI=1S/C19H20ClFN2O2/c1-12(2)14-4-7-16(8-5-14)23(13(3)24)11-19(25)22-15-6-9-18(21)17(20)10-15/h4-10,12H,11H2,1-3H3,(H,22,25). The van der Waals surface area contributed by atoms with Gasteiger partial charge in [-0.15, -0.1) is 0 Å². The third kappa shape index (κ3) is 5.03. The summed E-state index contributed by atoms with van der Waals surface area (Å²) < 4.78 is 13.2. The van der Waals surface area contributed by atoms with Crippen LogP contribution >= 0.6 is 11.6 Å². The van der Waals surface area contributed by atoms with Gasteiger partial charge in [0.25, 0.3) is 0 Å². The molecule has 0 aliphatic heterocycles. The van der Waals surface area contributed by atoms with E-state index >= 15 is 0 Å². The summed E-state index contributed by atoms with van der Waals surface area (Å²) in [4.78, 5) is 25.5. The summed E-state index contributed by atoms with van der Waals surface area (Å²) in [7, 11) is 0. The third-order valence-corrected chi connectivity index (χ3v) is 4.05. The highest BCUT2D eigenvalue weighted by atomic mass is 35.5. The van der Waals surface area contributed by atoms with E-state index < -0.39 is 11.7 Å². The molecule has 0 saturated heterocycles. The highest BCUT2D eigenvalue weighted by Crippen LogP contribution is 2.21. The predicted octanol–water partition coefficient (Wildman–Crippen LogP) is 4.59. The zero-order chi connectivity index (χ0) is 18.6. The first-order valence-corrected chi connectivity index (χ1v) is 8.28. The van der Waals surface area contributed by atoms with Crippen molar-refractivity contribution in [1.82, 2.24) is 0 Å². The molecule has 0 fully saturated rings. The molecule has 132 valence electrons. The van der Waals surface area contributed by atoms with Crippen LogP contribution in [0.2, 0.25) is 5.02 Å². The fourth-order valence-corrected chi connectivity index (χ4v) is 2.52. The lowest BCUT2D eigenvalue weighted by Gasteiger charge is -2.21. The van der Waals surface area contributed by atoms with Crippen molar-refractivity contribution in [3.05, 3.63) is 58.9 Å². The molecule has 0 aliphatic rings. The SMILES string of the molecule is CC(=O)N(CC(=O)Nc1ccc(F)c(Cl)c1)c1ccc(C(C)C)cc1. The number of nitrogens with one attached hydrogen (secondary N) is 1. The van der Waals surface area contributed by atoms with Gasteiger partial charge in [-0.2, -0.15) is 0 Å². The number of rotatable bonds is 5. The summed E-state index contributed by atoms with van der Waals surface area (Å²) >= 11 is 5.70. The molecule has 1 N–H and O–H groups in total. The molecule has 2 amide bonds. The van der Waals surface area contributed by atoms with Gasteiger partial charge in [0, 0.05) is 18.3 Å². The van der Waals surface area contributed by atoms with E-state index in [0.29, 0.717) is 17.3 Å². The highest BCUT2D eigenvalue weighted by Gasteiger charge is 2.16. The lowest BCUT2D eigenvalue weighted by atomic mass is 10.0. The maximum atomic E-state index is 13.2. The minimum Gasteiger partial charge on any atom is -0.324 e. The van der Waals surface area contributed by atoms with Crippen molar-refractivity contribution in [2.45, 2.75) is 26.7 Å². The Hall–Kier alpha value is -2.40. The highest BCUT2D eigenvalue weighted by molar-refractivity contribution is 6.31. The molecule has 6 heteroatoms. The molecule has 0 bridgehead atoms. The fourth-order valence-electron chi connectivity index (χ4n) is 2.34. The van der Waals surface area contributed by atoms with Crippen molar-refractivity contribution in [3.8, 4) is 0 Å². The molecular weight excluding hydrogens is 343 g/mol. The van der Waals surface area contributed by atoms with Gasteiger partial charge in [-0.05, 0) is 41.8 Å². The number of carbonyl (C=O) groups is 2. The van der Waals surface area contributed by atoms with Crippen LogP contribution in [0.1, 0.15) is 32.3 Å². The molecular formula is C19H20ClFN2O2. The van der Waals surface area contributed by atoms with Gasteiger partial charge in [-0.25, -0.2) is 4.39 Å². The zero-order valence-electron chi connectivity index (χ0n) is 14.3. The van der Waals surface area contributed by atoms with Crippen molar-refractivity contribution < 1.29 is 14.0 Å². The molecule has 0 unspecified atom stereocenters. The van der Waals surface area contributed by atoms with Crippen LogP contribution in [0.15, 0.2) is 42.5 Å². The summed E-state index contributed by atoms with van der Waals surface area (Å²) in [6.07, 6.45) is 0. The molecule has 0 atom stereocenters. The average Bonchev–Trinajstić information content (AvgIpc) is 2.56.